The molecular weight excluding hydrogens is 316 g/mol. The second kappa shape index (κ2) is 8.02. The maximum absolute atomic E-state index is 12.4. The minimum absolute atomic E-state index is 0.163. The Morgan fingerprint density at radius 3 is 2.76 bits per heavy atom. The van der Waals surface area contributed by atoms with Crippen LogP contribution >= 0.6 is 0 Å². The van der Waals surface area contributed by atoms with E-state index in [1.54, 1.807) is 12.1 Å². The van der Waals surface area contributed by atoms with Crippen molar-refractivity contribution in [2.75, 3.05) is 37.6 Å². The molecule has 1 saturated heterocycles. The van der Waals surface area contributed by atoms with Crippen LogP contribution in [0, 0.1) is 18.3 Å². The summed E-state index contributed by atoms with van der Waals surface area (Å²) in [6, 6.07) is 3.49. The number of rotatable bonds is 5. The Morgan fingerprint density at radius 1 is 1.32 bits per heavy atom. The van der Waals surface area contributed by atoms with Gasteiger partial charge in [-0.3, -0.25) is 9.59 Å². The van der Waals surface area contributed by atoms with E-state index in [1.807, 2.05) is 9.80 Å². The summed E-state index contributed by atoms with van der Waals surface area (Å²) in [5, 5.41) is 2.61. The lowest BCUT2D eigenvalue weighted by atomic mass is 10.1. The van der Waals surface area contributed by atoms with Crippen LogP contribution in [0.25, 0.3) is 0 Å². The van der Waals surface area contributed by atoms with Crippen LogP contribution < -0.4 is 10.2 Å². The van der Waals surface area contributed by atoms with Gasteiger partial charge in [0.2, 0.25) is 5.91 Å². The van der Waals surface area contributed by atoms with Gasteiger partial charge in [-0.25, -0.2) is 4.98 Å². The van der Waals surface area contributed by atoms with Gasteiger partial charge >= 0.3 is 0 Å². The molecule has 1 N–H and O–H groups in total. The predicted molar refractivity (Wildman–Crippen MR) is 96.2 cm³/mol. The summed E-state index contributed by atoms with van der Waals surface area (Å²) in [5.41, 5.74) is 0.463. The Balaban J connectivity index is 1.55. The second-order valence-corrected chi connectivity index (χ2v) is 6.70. The highest BCUT2D eigenvalue weighted by atomic mass is 16.2. The lowest BCUT2D eigenvalue weighted by molar-refractivity contribution is -0.131. The lowest BCUT2D eigenvalue weighted by Gasteiger charge is -2.36. The minimum Gasteiger partial charge on any atom is -0.346 e. The fourth-order valence-electron chi connectivity index (χ4n) is 3.54. The molecule has 0 bridgehead atoms. The van der Waals surface area contributed by atoms with E-state index in [0.717, 1.165) is 25.5 Å². The lowest BCUT2D eigenvalue weighted by Crippen LogP contribution is -2.51. The highest BCUT2D eigenvalue weighted by Gasteiger charge is 2.27. The van der Waals surface area contributed by atoms with Crippen molar-refractivity contribution in [3.05, 3.63) is 23.9 Å². The molecule has 1 saturated carbocycles. The first-order chi connectivity index (χ1) is 12.2. The summed E-state index contributed by atoms with van der Waals surface area (Å²) in [7, 11) is 0. The predicted octanol–water partition coefficient (Wildman–Crippen LogP) is 1.28. The molecule has 2 fully saturated rings. The number of aromatic nitrogens is 1. The Bertz CT molecular complexity index is 659. The van der Waals surface area contributed by atoms with Gasteiger partial charge in [0.05, 0.1) is 18.7 Å². The average Bonchev–Trinajstić information content (AvgIpc) is 3.14. The quantitative estimate of drug-likeness (QED) is 0.820. The number of nitrogens with zero attached hydrogens (tertiary/aromatic N) is 3. The molecule has 132 valence electrons. The van der Waals surface area contributed by atoms with Crippen LogP contribution in [0.4, 0.5) is 5.82 Å². The molecule has 0 spiro atoms. The van der Waals surface area contributed by atoms with E-state index in [-0.39, 0.29) is 18.4 Å². The number of hydrogen-bond donors (Lipinski definition) is 1. The van der Waals surface area contributed by atoms with Gasteiger partial charge in [0, 0.05) is 25.8 Å². The van der Waals surface area contributed by atoms with Crippen LogP contribution in [-0.2, 0) is 4.79 Å². The number of anilines is 1. The molecule has 0 aromatic carbocycles. The first-order valence-electron chi connectivity index (χ1n) is 8.88. The molecule has 1 aliphatic carbocycles. The third kappa shape index (κ3) is 4.30. The third-order valence-electron chi connectivity index (χ3n) is 4.96. The maximum atomic E-state index is 12.4. The van der Waals surface area contributed by atoms with Crippen LogP contribution in [-0.4, -0.2) is 54.4 Å². The summed E-state index contributed by atoms with van der Waals surface area (Å²) < 4.78 is 0. The number of carbonyl (C=O) groups is 2. The topological polar surface area (TPSA) is 65.5 Å². The van der Waals surface area contributed by atoms with E-state index >= 15 is 0 Å². The smallest absolute Gasteiger partial charge is 0.253 e. The van der Waals surface area contributed by atoms with Crippen molar-refractivity contribution in [1.29, 1.82) is 0 Å². The van der Waals surface area contributed by atoms with Crippen molar-refractivity contribution in [2.24, 2.45) is 5.92 Å². The summed E-state index contributed by atoms with van der Waals surface area (Å²) in [6.45, 7) is 2.95. The number of nitrogens with one attached hydrogen (secondary N) is 1. The molecule has 1 aromatic heterocycles. The summed E-state index contributed by atoms with van der Waals surface area (Å²) in [4.78, 5) is 32.6. The van der Waals surface area contributed by atoms with Gasteiger partial charge in [-0.05, 0) is 30.9 Å². The molecular formula is C19H24N4O2. The fraction of sp³-hybridized carbons (Fsp3) is 0.526. The van der Waals surface area contributed by atoms with Gasteiger partial charge in [-0.1, -0.05) is 18.8 Å². The third-order valence-corrected chi connectivity index (χ3v) is 4.96. The first kappa shape index (κ1) is 17.3. The number of carbonyl (C=O) groups excluding carboxylic acids is 2. The van der Waals surface area contributed by atoms with Crippen LogP contribution in [0.5, 0.6) is 0 Å². The second-order valence-electron chi connectivity index (χ2n) is 6.70. The van der Waals surface area contributed by atoms with Crippen molar-refractivity contribution in [3.63, 3.8) is 0 Å². The van der Waals surface area contributed by atoms with Crippen molar-refractivity contribution in [2.45, 2.75) is 25.7 Å². The molecule has 2 aliphatic rings. The SMILES string of the molecule is C#CCNC(=O)c1ccc(N2CCN(CC3CCCC3)C(=O)C2)nc1. The van der Waals surface area contributed by atoms with E-state index < -0.39 is 0 Å². The normalized spacial score (nSPS) is 18.3. The van der Waals surface area contributed by atoms with E-state index in [9.17, 15) is 9.59 Å². The molecule has 1 aliphatic heterocycles. The number of terminal acetylenes is 1. The average molecular weight is 340 g/mol. The molecule has 25 heavy (non-hydrogen) atoms. The van der Waals surface area contributed by atoms with Crippen molar-refractivity contribution in [3.8, 4) is 12.3 Å². The molecule has 0 unspecified atom stereocenters. The van der Waals surface area contributed by atoms with Crippen LogP contribution in [0.3, 0.4) is 0 Å². The molecule has 6 nitrogen and oxygen atoms in total. The standard InChI is InChI=1S/C19H24N4O2/c1-2-9-20-19(25)16-7-8-17(21-12-16)22-10-11-23(18(24)14-22)13-15-5-3-4-6-15/h1,7-8,12,15H,3-6,9-11,13-14H2,(H,20,25). The van der Waals surface area contributed by atoms with Gasteiger partial charge in [0.1, 0.15) is 5.82 Å². The minimum atomic E-state index is -0.241. The van der Waals surface area contributed by atoms with Crippen molar-refractivity contribution < 1.29 is 9.59 Å². The maximum Gasteiger partial charge on any atom is 0.253 e. The zero-order valence-electron chi connectivity index (χ0n) is 14.4. The Hall–Kier alpha value is -2.55. The number of hydrogen-bond acceptors (Lipinski definition) is 4. The van der Waals surface area contributed by atoms with Gasteiger partial charge in [0.25, 0.3) is 5.91 Å². The highest BCUT2D eigenvalue weighted by molar-refractivity contribution is 5.94. The number of amides is 2. The molecule has 3 rings (SSSR count). The van der Waals surface area contributed by atoms with Crippen molar-refractivity contribution in [1.82, 2.24) is 15.2 Å². The number of piperazine rings is 1. The monoisotopic (exact) mass is 340 g/mol. The van der Waals surface area contributed by atoms with Crippen LogP contribution in [0.2, 0.25) is 0 Å². The zero-order chi connectivity index (χ0) is 17.6. The molecule has 6 heteroatoms. The Labute approximate surface area is 148 Å². The largest absolute Gasteiger partial charge is 0.346 e. The molecule has 0 radical (unpaired) electrons. The zero-order valence-corrected chi connectivity index (χ0v) is 14.4. The molecule has 0 atom stereocenters. The molecule has 2 amide bonds. The Morgan fingerprint density at radius 2 is 2.12 bits per heavy atom. The van der Waals surface area contributed by atoms with Gasteiger partial charge in [0.15, 0.2) is 0 Å². The van der Waals surface area contributed by atoms with E-state index in [1.165, 1.54) is 31.9 Å². The van der Waals surface area contributed by atoms with Gasteiger partial charge < -0.3 is 15.1 Å². The summed E-state index contributed by atoms with van der Waals surface area (Å²) >= 11 is 0. The van der Waals surface area contributed by atoms with Crippen molar-refractivity contribution >= 4 is 17.6 Å². The van der Waals surface area contributed by atoms with Crippen LogP contribution in [0.1, 0.15) is 36.0 Å². The van der Waals surface area contributed by atoms with E-state index in [2.05, 4.69) is 16.2 Å². The Kier molecular flexibility index (Phi) is 5.54. The first-order valence-corrected chi connectivity index (χ1v) is 8.88. The molecule has 2 heterocycles. The highest BCUT2D eigenvalue weighted by Crippen LogP contribution is 2.26. The summed E-state index contributed by atoms with van der Waals surface area (Å²) in [6.07, 6.45) is 11.7. The van der Waals surface area contributed by atoms with E-state index in [4.69, 9.17) is 6.42 Å². The summed E-state index contributed by atoms with van der Waals surface area (Å²) in [5.74, 6) is 3.68. The fourth-order valence-corrected chi connectivity index (χ4v) is 3.54. The van der Waals surface area contributed by atoms with Crippen LogP contribution in [0.15, 0.2) is 18.3 Å². The van der Waals surface area contributed by atoms with Gasteiger partial charge in [-0.2, -0.15) is 0 Å². The number of pyridine rings is 1. The molecule has 1 aromatic rings. The van der Waals surface area contributed by atoms with Gasteiger partial charge in [-0.15, -0.1) is 6.42 Å². The van der Waals surface area contributed by atoms with E-state index in [0.29, 0.717) is 18.0 Å².